The number of carbonyl (C=O) groups is 1. The van der Waals surface area contributed by atoms with E-state index in [2.05, 4.69) is 15.6 Å². The molecule has 0 aromatic carbocycles. The third-order valence-electron chi connectivity index (χ3n) is 1.76. The number of hydrogen-bond acceptors (Lipinski definition) is 5. The van der Waals surface area contributed by atoms with Crippen LogP contribution in [-0.4, -0.2) is 29.4 Å². The second-order valence-electron chi connectivity index (χ2n) is 4.71. The molecule has 0 saturated carbocycles. The minimum Gasteiger partial charge on any atom is -0.382 e. The van der Waals surface area contributed by atoms with E-state index in [4.69, 9.17) is 5.73 Å². The van der Waals surface area contributed by atoms with Gasteiger partial charge in [0.25, 0.3) is 12.3 Å². The lowest BCUT2D eigenvalue weighted by molar-refractivity contribution is 0.0896. The van der Waals surface area contributed by atoms with Crippen molar-refractivity contribution in [2.45, 2.75) is 32.7 Å². The second kappa shape index (κ2) is 5.47. The minimum absolute atomic E-state index is 0.0403. The fraction of sp³-hybridized carbons (Fsp3) is 0.600. The highest BCUT2D eigenvalue weighted by Crippen LogP contribution is 2.27. The molecular weight excluding hydrogens is 262 g/mol. The van der Waals surface area contributed by atoms with Crippen LogP contribution in [0.3, 0.4) is 0 Å². The molecule has 0 spiro atoms. The molecule has 8 heteroatoms. The van der Waals surface area contributed by atoms with E-state index in [0.717, 1.165) is 11.3 Å². The first-order chi connectivity index (χ1) is 8.19. The standard InChI is InChI=1S/C10H16F2N4OS/c1-10(2,3)16-9-15-7(13)6(18-9)8(17)14-4-5(11)12/h5H,4,13H2,1-3H3,(H,14,17)(H,15,16). The number of alkyl halides is 2. The van der Waals surface area contributed by atoms with Gasteiger partial charge < -0.3 is 16.4 Å². The SMILES string of the molecule is CC(C)(C)Nc1nc(N)c(C(=O)NCC(F)F)s1. The van der Waals surface area contributed by atoms with Gasteiger partial charge >= 0.3 is 0 Å². The molecule has 1 rings (SSSR count). The topological polar surface area (TPSA) is 80.0 Å². The Morgan fingerprint density at radius 3 is 2.61 bits per heavy atom. The summed E-state index contributed by atoms with van der Waals surface area (Å²) in [6.07, 6.45) is -2.59. The summed E-state index contributed by atoms with van der Waals surface area (Å²) in [5.74, 6) is -0.592. The van der Waals surface area contributed by atoms with Crippen molar-refractivity contribution in [2.75, 3.05) is 17.6 Å². The third kappa shape index (κ3) is 4.44. The molecule has 0 fully saturated rings. The highest BCUT2D eigenvalue weighted by molar-refractivity contribution is 7.18. The van der Waals surface area contributed by atoms with Crippen LogP contribution in [-0.2, 0) is 0 Å². The maximum absolute atomic E-state index is 12.0. The summed E-state index contributed by atoms with van der Waals surface area (Å²) in [5.41, 5.74) is 5.36. The number of halogens is 2. The average molecular weight is 278 g/mol. The van der Waals surface area contributed by atoms with Crippen molar-refractivity contribution >= 4 is 28.2 Å². The van der Waals surface area contributed by atoms with Crippen LogP contribution in [0.15, 0.2) is 0 Å². The number of nitrogen functional groups attached to an aromatic ring is 1. The number of anilines is 2. The largest absolute Gasteiger partial charge is 0.382 e. The van der Waals surface area contributed by atoms with Crippen molar-refractivity contribution in [3.8, 4) is 0 Å². The van der Waals surface area contributed by atoms with Crippen LogP contribution in [0.2, 0.25) is 0 Å². The van der Waals surface area contributed by atoms with Gasteiger partial charge in [-0.25, -0.2) is 13.8 Å². The number of thiazole rings is 1. The fourth-order valence-electron chi connectivity index (χ4n) is 1.12. The fourth-order valence-corrected chi connectivity index (χ4v) is 2.13. The first-order valence-electron chi connectivity index (χ1n) is 5.30. The lowest BCUT2D eigenvalue weighted by Gasteiger charge is -2.19. The van der Waals surface area contributed by atoms with Gasteiger partial charge in [-0.15, -0.1) is 0 Å². The van der Waals surface area contributed by atoms with E-state index in [1.807, 2.05) is 20.8 Å². The number of carbonyl (C=O) groups excluding carboxylic acids is 1. The quantitative estimate of drug-likeness (QED) is 0.786. The van der Waals surface area contributed by atoms with Crippen LogP contribution in [0, 0.1) is 0 Å². The Morgan fingerprint density at radius 1 is 1.50 bits per heavy atom. The van der Waals surface area contributed by atoms with Crippen molar-refractivity contribution < 1.29 is 13.6 Å². The predicted octanol–water partition coefficient (Wildman–Crippen LogP) is 1.93. The van der Waals surface area contributed by atoms with Crippen LogP contribution in [0.4, 0.5) is 19.7 Å². The Morgan fingerprint density at radius 2 is 2.11 bits per heavy atom. The summed E-state index contributed by atoms with van der Waals surface area (Å²) >= 11 is 1.04. The molecule has 1 aromatic heterocycles. The molecule has 0 aliphatic carbocycles. The second-order valence-corrected chi connectivity index (χ2v) is 5.71. The van der Waals surface area contributed by atoms with Gasteiger partial charge in [0.1, 0.15) is 10.7 Å². The summed E-state index contributed by atoms with van der Waals surface area (Å²) in [7, 11) is 0. The molecule has 0 bridgehead atoms. The van der Waals surface area contributed by atoms with Crippen LogP contribution in [0.5, 0.6) is 0 Å². The number of nitrogens with two attached hydrogens (primary N) is 1. The maximum Gasteiger partial charge on any atom is 0.265 e. The summed E-state index contributed by atoms with van der Waals surface area (Å²) in [6.45, 7) is 5.10. The zero-order valence-corrected chi connectivity index (χ0v) is 11.2. The molecule has 0 aliphatic heterocycles. The predicted molar refractivity (Wildman–Crippen MR) is 68.2 cm³/mol. The minimum atomic E-state index is -2.59. The highest BCUT2D eigenvalue weighted by atomic mass is 32.1. The van der Waals surface area contributed by atoms with Crippen molar-refractivity contribution in [1.29, 1.82) is 0 Å². The molecule has 4 N–H and O–H groups in total. The molecule has 0 saturated heterocycles. The first kappa shape index (κ1) is 14.6. The number of hydrogen-bond donors (Lipinski definition) is 3. The maximum atomic E-state index is 12.0. The van der Waals surface area contributed by atoms with E-state index in [0.29, 0.717) is 5.13 Å². The van der Waals surface area contributed by atoms with Crippen LogP contribution >= 0.6 is 11.3 Å². The van der Waals surface area contributed by atoms with Gasteiger partial charge in [0.05, 0.1) is 6.54 Å². The normalized spacial score (nSPS) is 11.7. The van der Waals surface area contributed by atoms with Crippen LogP contribution < -0.4 is 16.4 Å². The molecule has 102 valence electrons. The Labute approximate surface area is 108 Å². The van der Waals surface area contributed by atoms with Gasteiger partial charge in [0, 0.05) is 5.54 Å². The van der Waals surface area contributed by atoms with Crippen molar-refractivity contribution in [3.63, 3.8) is 0 Å². The number of aromatic nitrogens is 1. The molecule has 1 amide bonds. The Bertz CT molecular complexity index is 428. The van der Waals surface area contributed by atoms with E-state index >= 15 is 0 Å². The lowest BCUT2D eigenvalue weighted by atomic mass is 10.1. The van der Waals surface area contributed by atoms with E-state index in [9.17, 15) is 13.6 Å². The highest BCUT2D eigenvalue weighted by Gasteiger charge is 2.19. The Balaban J connectivity index is 2.75. The van der Waals surface area contributed by atoms with Gasteiger partial charge in [0.15, 0.2) is 5.13 Å². The van der Waals surface area contributed by atoms with E-state index in [-0.39, 0.29) is 16.2 Å². The number of rotatable bonds is 4. The van der Waals surface area contributed by atoms with E-state index < -0.39 is 18.9 Å². The average Bonchev–Trinajstić information content (AvgIpc) is 2.53. The zero-order chi connectivity index (χ0) is 13.9. The molecule has 0 radical (unpaired) electrons. The van der Waals surface area contributed by atoms with Gasteiger partial charge in [0.2, 0.25) is 0 Å². The monoisotopic (exact) mass is 278 g/mol. The smallest absolute Gasteiger partial charge is 0.265 e. The molecule has 1 heterocycles. The van der Waals surface area contributed by atoms with Crippen molar-refractivity contribution in [2.24, 2.45) is 0 Å². The lowest BCUT2D eigenvalue weighted by Crippen LogP contribution is -2.28. The van der Waals surface area contributed by atoms with Crippen molar-refractivity contribution in [1.82, 2.24) is 10.3 Å². The number of nitrogens with zero attached hydrogens (tertiary/aromatic N) is 1. The summed E-state index contributed by atoms with van der Waals surface area (Å²) < 4.78 is 23.9. The molecule has 0 atom stereocenters. The third-order valence-corrected chi connectivity index (χ3v) is 2.74. The summed E-state index contributed by atoms with van der Waals surface area (Å²) in [6, 6.07) is 0. The van der Waals surface area contributed by atoms with Gasteiger partial charge in [-0.2, -0.15) is 0 Å². The molecule has 1 aromatic rings. The molecule has 0 unspecified atom stereocenters. The van der Waals surface area contributed by atoms with Gasteiger partial charge in [-0.05, 0) is 20.8 Å². The van der Waals surface area contributed by atoms with E-state index in [1.54, 1.807) is 0 Å². The van der Waals surface area contributed by atoms with E-state index in [1.165, 1.54) is 0 Å². The molecule has 18 heavy (non-hydrogen) atoms. The van der Waals surface area contributed by atoms with Gasteiger partial charge in [-0.3, -0.25) is 4.79 Å². The molecular formula is C10H16F2N4OS. The summed E-state index contributed by atoms with van der Waals surface area (Å²) in [4.78, 5) is 15.7. The number of amides is 1. The molecule has 5 nitrogen and oxygen atoms in total. The van der Waals surface area contributed by atoms with Crippen molar-refractivity contribution in [3.05, 3.63) is 4.88 Å². The Hall–Kier alpha value is -1.44. The van der Waals surface area contributed by atoms with Crippen LogP contribution in [0.25, 0.3) is 0 Å². The zero-order valence-electron chi connectivity index (χ0n) is 10.4. The van der Waals surface area contributed by atoms with Gasteiger partial charge in [-0.1, -0.05) is 11.3 Å². The molecule has 0 aliphatic rings. The number of nitrogens with one attached hydrogen (secondary N) is 2. The Kier molecular flexibility index (Phi) is 4.44. The van der Waals surface area contributed by atoms with Crippen LogP contribution in [0.1, 0.15) is 30.4 Å². The summed E-state index contributed by atoms with van der Waals surface area (Å²) in [5, 5.41) is 5.64. The first-order valence-corrected chi connectivity index (χ1v) is 6.11.